The van der Waals surface area contributed by atoms with E-state index >= 15 is 0 Å². The van der Waals surface area contributed by atoms with Crippen molar-refractivity contribution in [1.29, 1.82) is 0 Å². The van der Waals surface area contributed by atoms with E-state index in [0.717, 1.165) is 12.1 Å². The zero-order valence-corrected chi connectivity index (χ0v) is 15.3. The standard InChI is InChI=1S/C18H26ClN3O2/c1-20(2)10-9-18(24)22-13-11-21(12-14-22)17(23)8-7-15-5-3-4-6-16(15)19/h3-6H,7-14H2,1-2H3. The summed E-state index contributed by atoms with van der Waals surface area (Å²) >= 11 is 6.13. The first-order valence-electron chi connectivity index (χ1n) is 8.41. The molecule has 0 radical (unpaired) electrons. The van der Waals surface area contributed by atoms with E-state index < -0.39 is 0 Å². The maximum Gasteiger partial charge on any atom is 0.223 e. The summed E-state index contributed by atoms with van der Waals surface area (Å²) in [7, 11) is 3.92. The van der Waals surface area contributed by atoms with Gasteiger partial charge < -0.3 is 14.7 Å². The number of hydrogen-bond acceptors (Lipinski definition) is 3. The van der Waals surface area contributed by atoms with Gasteiger partial charge in [-0.1, -0.05) is 29.8 Å². The molecule has 1 aliphatic rings. The first-order valence-corrected chi connectivity index (χ1v) is 8.79. The van der Waals surface area contributed by atoms with E-state index in [2.05, 4.69) is 0 Å². The van der Waals surface area contributed by atoms with Crippen LogP contribution in [0.15, 0.2) is 24.3 Å². The molecule has 0 aromatic heterocycles. The highest BCUT2D eigenvalue weighted by atomic mass is 35.5. The van der Waals surface area contributed by atoms with E-state index in [4.69, 9.17) is 11.6 Å². The van der Waals surface area contributed by atoms with Crippen molar-refractivity contribution in [3.05, 3.63) is 34.9 Å². The van der Waals surface area contributed by atoms with Gasteiger partial charge in [-0.3, -0.25) is 9.59 Å². The number of rotatable bonds is 6. The zero-order chi connectivity index (χ0) is 17.5. The van der Waals surface area contributed by atoms with Gasteiger partial charge in [-0.15, -0.1) is 0 Å². The molecule has 1 aromatic rings. The Labute approximate surface area is 149 Å². The Morgan fingerprint density at radius 2 is 1.54 bits per heavy atom. The zero-order valence-electron chi connectivity index (χ0n) is 14.5. The van der Waals surface area contributed by atoms with Crippen LogP contribution in [-0.4, -0.2) is 73.3 Å². The second kappa shape index (κ2) is 9.04. The SMILES string of the molecule is CN(C)CCC(=O)N1CCN(C(=O)CCc2ccccc2Cl)CC1. The van der Waals surface area contributed by atoms with Crippen LogP contribution in [0.1, 0.15) is 18.4 Å². The summed E-state index contributed by atoms with van der Waals surface area (Å²) < 4.78 is 0. The van der Waals surface area contributed by atoms with Gasteiger partial charge in [0.15, 0.2) is 0 Å². The van der Waals surface area contributed by atoms with Crippen molar-refractivity contribution in [1.82, 2.24) is 14.7 Å². The monoisotopic (exact) mass is 351 g/mol. The van der Waals surface area contributed by atoms with Crippen molar-refractivity contribution in [2.45, 2.75) is 19.3 Å². The third-order valence-corrected chi connectivity index (χ3v) is 4.69. The lowest BCUT2D eigenvalue weighted by Crippen LogP contribution is -2.51. The molecule has 0 atom stereocenters. The molecule has 0 N–H and O–H groups in total. The second-order valence-electron chi connectivity index (χ2n) is 6.41. The fourth-order valence-electron chi connectivity index (χ4n) is 2.78. The summed E-state index contributed by atoms with van der Waals surface area (Å²) in [5.41, 5.74) is 1.00. The summed E-state index contributed by atoms with van der Waals surface area (Å²) in [6, 6.07) is 7.63. The van der Waals surface area contributed by atoms with Crippen LogP contribution >= 0.6 is 11.6 Å². The highest BCUT2D eigenvalue weighted by molar-refractivity contribution is 6.31. The van der Waals surface area contributed by atoms with Crippen LogP contribution in [0.3, 0.4) is 0 Å². The Morgan fingerprint density at radius 3 is 2.08 bits per heavy atom. The number of piperazine rings is 1. The highest BCUT2D eigenvalue weighted by Gasteiger charge is 2.23. The first kappa shape index (κ1) is 18.7. The van der Waals surface area contributed by atoms with E-state index in [1.54, 1.807) is 0 Å². The molecule has 132 valence electrons. The number of hydrogen-bond donors (Lipinski definition) is 0. The second-order valence-corrected chi connectivity index (χ2v) is 6.81. The lowest BCUT2D eigenvalue weighted by Gasteiger charge is -2.35. The molecule has 1 aromatic carbocycles. The molecular weight excluding hydrogens is 326 g/mol. The van der Waals surface area contributed by atoms with Gasteiger partial charge in [-0.25, -0.2) is 0 Å². The van der Waals surface area contributed by atoms with E-state index in [9.17, 15) is 9.59 Å². The number of nitrogens with zero attached hydrogens (tertiary/aromatic N) is 3. The number of carbonyl (C=O) groups is 2. The predicted octanol–water partition coefficient (Wildman–Crippen LogP) is 1.90. The van der Waals surface area contributed by atoms with Crippen LogP contribution in [0.25, 0.3) is 0 Å². The molecule has 0 aliphatic carbocycles. The van der Waals surface area contributed by atoms with E-state index in [1.807, 2.05) is 53.1 Å². The summed E-state index contributed by atoms with van der Waals surface area (Å²) in [6.45, 7) is 3.26. The number of carbonyl (C=O) groups excluding carboxylic acids is 2. The van der Waals surface area contributed by atoms with Crippen LogP contribution in [0.2, 0.25) is 5.02 Å². The average Bonchev–Trinajstić information content (AvgIpc) is 2.58. The molecule has 1 heterocycles. The fourth-order valence-corrected chi connectivity index (χ4v) is 3.01. The Morgan fingerprint density at radius 1 is 1.00 bits per heavy atom. The van der Waals surface area contributed by atoms with Gasteiger partial charge >= 0.3 is 0 Å². The van der Waals surface area contributed by atoms with Gasteiger partial charge in [-0.05, 0) is 32.1 Å². The smallest absolute Gasteiger partial charge is 0.223 e. The minimum atomic E-state index is 0.135. The largest absolute Gasteiger partial charge is 0.339 e. The maximum absolute atomic E-state index is 12.3. The molecule has 24 heavy (non-hydrogen) atoms. The van der Waals surface area contributed by atoms with Crippen LogP contribution in [0.4, 0.5) is 0 Å². The van der Waals surface area contributed by atoms with Crippen LogP contribution in [-0.2, 0) is 16.0 Å². The number of amides is 2. The fraction of sp³-hybridized carbons (Fsp3) is 0.556. The summed E-state index contributed by atoms with van der Waals surface area (Å²) in [5.74, 6) is 0.308. The van der Waals surface area contributed by atoms with Crippen LogP contribution in [0.5, 0.6) is 0 Å². The molecule has 0 spiro atoms. The van der Waals surface area contributed by atoms with Crippen molar-refractivity contribution < 1.29 is 9.59 Å². The van der Waals surface area contributed by atoms with Crippen molar-refractivity contribution in [2.75, 3.05) is 46.8 Å². The number of aryl methyl sites for hydroxylation is 1. The molecule has 1 aliphatic heterocycles. The van der Waals surface area contributed by atoms with Crippen molar-refractivity contribution in [2.24, 2.45) is 0 Å². The van der Waals surface area contributed by atoms with Gasteiger partial charge in [0.25, 0.3) is 0 Å². The van der Waals surface area contributed by atoms with Crippen molar-refractivity contribution in [3.8, 4) is 0 Å². The van der Waals surface area contributed by atoms with Gasteiger partial charge in [0.05, 0.1) is 0 Å². The normalized spacial score (nSPS) is 15.0. The molecular formula is C18H26ClN3O2. The van der Waals surface area contributed by atoms with Crippen LogP contribution < -0.4 is 0 Å². The molecule has 0 saturated carbocycles. The molecule has 5 nitrogen and oxygen atoms in total. The maximum atomic E-state index is 12.3. The van der Waals surface area contributed by atoms with Gasteiger partial charge in [0, 0.05) is 50.6 Å². The quantitative estimate of drug-likeness (QED) is 0.786. The molecule has 1 fully saturated rings. The predicted molar refractivity (Wildman–Crippen MR) is 96.1 cm³/mol. The molecule has 1 saturated heterocycles. The van der Waals surface area contributed by atoms with E-state index in [1.165, 1.54) is 0 Å². The summed E-state index contributed by atoms with van der Waals surface area (Å²) in [6.07, 6.45) is 1.65. The Balaban J connectivity index is 1.74. The molecule has 2 rings (SSSR count). The minimum Gasteiger partial charge on any atom is -0.339 e. The van der Waals surface area contributed by atoms with Crippen LogP contribution in [0, 0.1) is 0 Å². The van der Waals surface area contributed by atoms with Crippen molar-refractivity contribution >= 4 is 23.4 Å². The van der Waals surface area contributed by atoms with Gasteiger partial charge in [0.2, 0.25) is 11.8 Å². The third kappa shape index (κ3) is 5.49. The summed E-state index contributed by atoms with van der Waals surface area (Å²) in [5, 5.41) is 0.710. The highest BCUT2D eigenvalue weighted by Crippen LogP contribution is 2.17. The van der Waals surface area contributed by atoms with E-state index in [-0.39, 0.29) is 11.8 Å². The molecule has 2 amide bonds. The molecule has 6 heteroatoms. The lowest BCUT2D eigenvalue weighted by molar-refractivity contribution is -0.139. The lowest BCUT2D eigenvalue weighted by atomic mass is 10.1. The van der Waals surface area contributed by atoms with Gasteiger partial charge in [-0.2, -0.15) is 0 Å². The number of halogens is 1. The van der Waals surface area contributed by atoms with E-state index in [0.29, 0.717) is 50.5 Å². The Hall–Kier alpha value is -1.59. The topological polar surface area (TPSA) is 43.9 Å². The Kier molecular flexibility index (Phi) is 7.06. The van der Waals surface area contributed by atoms with Gasteiger partial charge in [0.1, 0.15) is 0 Å². The average molecular weight is 352 g/mol. The molecule has 0 bridgehead atoms. The Bertz CT molecular complexity index is 569. The summed E-state index contributed by atoms with van der Waals surface area (Å²) in [4.78, 5) is 30.2. The third-order valence-electron chi connectivity index (χ3n) is 4.32. The number of benzene rings is 1. The first-order chi connectivity index (χ1) is 11.5. The minimum absolute atomic E-state index is 0.135. The molecule has 0 unspecified atom stereocenters. The van der Waals surface area contributed by atoms with Crippen molar-refractivity contribution in [3.63, 3.8) is 0 Å².